The van der Waals surface area contributed by atoms with Gasteiger partial charge in [-0.3, -0.25) is 9.52 Å². The average molecular weight is 411 g/mol. The molecule has 7 nitrogen and oxygen atoms in total. The molecule has 0 unspecified atom stereocenters. The van der Waals surface area contributed by atoms with Gasteiger partial charge in [-0.25, -0.2) is 21.6 Å². The third-order valence-corrected chi connectivity index (χ3v) is 6.65. The molecule has 0 amide bonds. The molecule has 0 radical (unpaired) electrons. The predicted molar refractivity (Wildman–Crippen MR) is 104 cm³/mol. The number of sulfonamides is 2. The van der Waals surface area contributed by atoms with Crippen LogP contribution in [-0.2, 0) is 20.0 Å². The largest absolute Gasteiger partial charge is 0.295 e. The van der Waals surface area contributed by atoms with Crippen molar-refractivity contribution < 1.29 is 21.6 Å². The van der Waals surface area contributed by atoms with Gasteiger partial charge in [0.25, 0.3) is 10.0 Å². The molecule has 2 rings (SSSR count). The quantitative estimate of drug-likeness (QED) is 0.488. The fourth-order valence-corrected chi connectivity index (χ4v) is 4.45. The average Bonchev–Trinajstić information content (AvgIpc) is 2.62. The van der Waals surface area contributed by atoms with Gasteiger partial charge < -0.3 is 0 Å². The van der Waals surface area contributed by atoms with Crippen LogP contribution in [-0.4, -0.2) is 29.2 Å². The van der Waals surface area contributed by atoms with Crippen molar-refractivity contribution in [1.82, 2.24) is 4.72 Å². The Balaban J connectivity index is 2.23. The number of hydrogen-bond donors (Lipinski definition) is 2. The molecule has 0 saturated heterocycles. The van der Waals surface area contributed by atoms with Crippen molar-refractivity contribution in [2.24, 2.45) is 0 Å². The molecule has 0 aliphatic heterocycles. The number of carbonyl (C=O) groups is 1. The Hall–Kier alpha value is -2.23. The molecule has 0 heterocycles. The fourth-order valence-electron chi connectivity index (χ4n) is 2.28. The van der Waals surface area contributed by atoms with E-state index in [9.17, 15) is 21.6 Å². The molecule has 0 fully saturated rings. The van der Waals surface area contributed by atoms with E-state index in [-0.39, 0.29) is 21.3 Å². The minimum Gasteiger partial charge on any atom is -0.295 e. The summed E-state index contributed by atoms with van der Waals surface area (Å²) in [5, 5.41) is 0. The van der Waals surface area contributed by atoms with Crippen molar-refractivity contribution in [2.75, 3.05) is 11.3 Å². The van der Waals surface area contributed by atoms with Gasteiger partial charge in [0, 0.05) is 12.1 Å². The van der Waals surface area contributed by atoms with Crippen molar-refractivity contribution in [3.8, 4) is 0 Å². The number of ketones is 1. The number of Topliss-reactive ketones (excluding diaryl/α,β-unsaturated/α-hetero) is 1. The maximum Gasteiger partial charge on any atom is 0.261 e. The molecule has 0 aliphatic rings. The van der Waals surface area contributed by atoms with E-state index in [1.807, 2.05) is 6.92 Å². The van der Waals surface area contributed by atoms with Gasteiger partial charge in [-0.1, -0.05) is 31.5 Å². The molecule has 2 aromatic carbocycles. The summed E-state index contributed by atoms with van der Waals surface area (Å²) in [6, 6.07) is 11.1. The first kappa shape index (κ1) is 21.1. The van der Waals surface area contributed by atoms with Crippen LogP contribution >= 0.6 is 0 Å². The van der Waals surface area contributed by atoms with Gasteiger partial charge in [0.1, 0.15) is 0 Å². The van der Waals surface area contributed by atoms with Crippen molar-refractivity contribution in [1.29, 1.82) is 0 Å². The number of benzene rings is 2. The third-order valence-electron chi connectivity index (χ3n) is 3.79. The molecule has 0 spiro atoms. The molecule has 0 saturated carbocycles. The van der Waals surface area contributed by atoms with Gasteiger partial charge in [0.2, 0.25) is 10.0 Å². The second kappa shape index (κ2) is 8.64. The van der Waals surface area contributed by atoms with E-state index >= 15 is 0 Å². The molecular formula is C18H22N2O5S2. The molecule has 9 heteroatoms. The van der Waals surface area contributed by atoms with E-state index < -0.39 is 20.0 Å². The van der Waals surface area contributed by atoms with Gasteiger partial charge in [-0.05, 0) is 43.7 Å². The van der Waals surface area contributed by atoms with Crippen molar-refractivity contribution >= 4 is 31.5 Å². The number of nitrogens with one attached hydrogen (secondary N) is 2. The second-order valence-corrected chi connectivity index (χ2v) is 9.41. The molecule has 2 aromatic rings. The summed E-state index contributed by atoms with van der Waals surface area (Å²) < 4.78 is 54.4. The highest BCUT2D eigenvalue weighted by atomic mass is 32.2. The Bertz CT molecular complexity index is 1010. The molecule has 2 N–H and O–H groups in total. The van der Waals surface area contributed by atoms with E-state index in [4.69, 9.17) is 0 Å². The lowest BCUT2D eigenvalue weighted by atomic mass is 10.2. The van der Waals surface area contributed by atoms with Crippen LogP contribution in [0.3, 0.4) is 0 Å². The van der Waals surface area contributed by atoms with Crippen LogP contribution in [0.2, 0.25) is 0 Å². The van der Waals surface area contributed by atoms with Crippen LogP contribution in [0.4, 0.5) is 5.69 Å². The van der Waals surface area contributed by atoms with Crippen LogP contribution in [0, 0.1) is 0 Å². The first-order chi connectivity index (χ1) is 12.7. The summed E-state index contributed by atoms with van der Waals surface area (Å²) in [5.74, 6) is -0.166. The topological polar surface area (TPSA) is 109 Å². The first-order valence-corrected chi connectivity index (χ1v) is 11.4. The molecule has 27 heavy (non-hydrogen) atoms. The van der Waals surface area contributed by atoms with E-state index in [1.165, 1.54) is 55.5 Å². The normalized spacial score (nSPS) is 11.9. The highest BCUT2D eigenvalue weighted by Gasteiger charge is 2.17. The smallest absolute Gasteiger partial charge is 0.261 e. The molecule has 0 aromatic heterocycles. The summed E-state index contributed by atoms with van der Waals surface area (Å²) in [6.07, 6.45) is 1.56. The number of anilines is 1. The lowest BCUT2D eigenvalue weighted by Gasteiger charge is -2.11. The Labute approximate surface area is 159 Å². The van der Waals surface area contributed by atoms with Crippen LogP contribution in [0.25, 0.3) is 0 Å². The van der Waals surface area contributed by atoms with Crippen LogP contribution in [0.5, 0.6) is 0 Å². The van der Waals surface area contributed by atoms with Crippen LogP contribution in [0.15, 0.2) is 58.3 Å². The fraction of sp³-hybridized carbons (Fsp3) is 0.278. The third kappa shape index (κ3) is 5.62. The summed E-state index contributed by atoms with van der Waals surface area (Å²) >= 11 is 0. The van der Waals surface area contributed by atoms with E-state index in [0.717, 1.165) is 6.42 Å². The Morgan fingerprint density at radius 1 is 0.926 bits per heavy atom. The minimum atomic E-state index is -3.92. The lowest BCUT2D eigenvalue weighted by Crippen LogP contribution is -2.24. The van der Waals surface area contributed by atoms with Gasteiger partial charge in [0.15, 0.2) is 5.78 Å². The number of rotatable bonds is 9. The zero-order valence-electron chi connectivity index (χ0n) is 15.1. The second-order valence-electron chi connectivity index (χ2n) is 5.97. The molecule has 0 aliphatic carbocycles. The SMILES string of the molecule is CCCCNS(=O)(=O)c1cccc(NS(=O)(=O)c2ccc(C(C)=O)cc2)c1. The van der Waals surface area contributed by atoms with Crippen molar-refractivity contribution in [3.05, 3.63) is 54.1 Å². The van der Waals surface area contributed by atoms with Gasteiger partial charge in [-0.15, -0.1) is 0 Å². The van der Waals surface area contributed by atoms with Gasteiger partial charge in [-0.2, -0.15) is 0 Å². The molecular weight excluding hydrogens is 388 g/mol. The zero-order valence-corrected chi connectivity index (χ0v) is 16.7. The number of unbranched alkanes of at least 4 members (excludes halogenated alkanes) is 1. The summed E-state index contributed by atoms with van der Waals surface area (Å²) in [6.45, 7) is 3.66. The highest BCUT2D eigenvalue weighted by Crippen LogP contribution is 2.20. The van der Waals surface area contributed by atoms with Crippen LogP contribution < -0.4 is 9.44 Å². The maximum absolute atomic E-state index is 12.5. The number of carbonyl (C=O) groups excluding carboxylic acids is 1. The Morgan fingerprint density at radius 3 is 2.19 bits per heavy atom. The van der Waals surface area contributed by atoms with Gasteiger partial charge in [0.05, 0.1) is 15.5 Å². The summed E-state index contributed by atoms with van der Waals surface area (Å²) in [7, 11) is -7.63. The molecule has 0 bridgehead atoms. The molecule has 0 atom stereocenters. The summed E-state index contributed by atoms with van der Waals surface area (Å²) in [4.78, 5) is 11.2. The summed E-state index contributed by atoms with van der Waals surface area (Å²) in [5.41, 5.74) is 0.532. The van der Waals surface area contributed by atoms with Crippen molar-refractivity contribution in [3.63, 3.8) is 0 Å². The van der Waals surface area contributed by atoms with E-state index in [0.29, 0.717) is 18.5 Å². The standard InChI is InChI=1S/C18H22N2O5S2/c1-3-4-12-19-26(22,23)18-7-5-6-16(13-18)20-27(24,25)17-10-8-15(9-11-17)14(2)21/h5-11,13,19-20H,3-4,12H2,1-2H3. The lowest BCUT2D eigenvalue weighted by molar-refractivity contribution is 0.101. The van der Waals surface area contributed by atoms with Crippen LogP contribution in [0.1, 0.15) is 37.0 Å². The highest BCUT2D eigenvalue weighted by molar-refractivity contribution is 7.92. The Kier molecular flexibility index (Phi) is 6.74. The van der Waals surface area contributed by atoms with Gasteiger partial charge >= 0.3 is 0 Å². The van der Waals surface area contributed by atoms with E-state index in [1.54, 1.807) is 0 Å². The predicted octanol–water partition coefficient (Wildman–Crippen LogP) is 2.77. The zero-order chi connectivity index (χ0) is 20.1. The maximum atomic E-state index is 12.5. The number of hydrogen-bond acceptors (Lipinski definition) is 5. The van der Waals surface area contributed by atoms with Crippen molar-refractivity contribution in [2.45, 2.75) is 36.5 Å². The van der Waals surface area contributed by atoms with E-state index in [2.05, 4.69) is 9.44 Å². The monoisotopic (exact) mass is 410 g/mol. The first-order valence-electron chi connectivity index (χ1n) is 8.39. The Morgan fingerprint density at radius 2 is 1.59 bits per heavy atom. The minimum absolute atomic E-state index is 0.0225. The molecule has 146 valence electrons.